The third-order valence-corrected chi connectivity index (χ3v) is 5.51. The Labute approximate surface area is 182 Å². The van der Waals surface area contributed by atoms with Gasteiger partial charge in [0.2, 0.25) is 11.8 Å². The fourth-order valence-corrected chi connectivity index (χ4v) is 3.57. The van der Waals surface area contributed by atoms with E-state index in [1.54, 1.807) is 7.11 Å². The minimum Gasteiger partial charge on any atom is -0.497 e. The minimum atomic E-state index is -0.219. The van der Waals surface area contributed by atoms with Crippen molar-refractivity contribution in [1.29, 1.82) is 0 Å². The van der Waals surface area contributed by atoms with Gasteiger partial charge in [0.25, 0.3) is 0 Å². The molecule has 1 aliphatic rings. The highest BCUT2D eigenvalue weighted by atomic mass is 16.5. The molecule has 0 aliphatic heterocycles. The molecule has 1 amide bonds. The van der Waals surface area contributed by atoms with Crippen molar-refractivity contribution >= 4 is 5.91 Å². The van der Waals surface area contributed by atoms with Gasteiger partial charge in [0, 0.05) is 6.42 Å². The molecular weight excluding hydrogens is 392 g/mol. The minimum absolute atomic E-state index is 0.0244. The number of nitrogens with zero attached hydrogens (tertiary/aromatic N) is 2. The molecule has 7 nitrogen and oxygen atoms in total. The zero-order valence-corrected chi connectivity index (χ0v) is 17.9. The summed E-state index contributed by atoms with van der Waals surface area (Å²) < 4.78 is 10.6. The molecule has 0 bridgehead atoms. The van der Waals surface area contributed by atoms with Crippen LogP contribution in [-0.2, 0) is 11.2 Å². The summed E-state index contributed by atoms with van der Waals surface area (Å²) in [5.74, 6) is 2.36. The van der Waals surface area contributed by atoms with E-state index in [9.17, 15) is 4.79 Å². The Balaban J connectivity index is 1.29. The molecule has 31 heavy (non-hydrogen) atoms. The number of rotatable bonds is 10. The van der Waals surface area contributed by atoms with E-state index in [1.807, 2.05) is 61.5 Å². The summed E-state index contributed by atoms with van der Waals surface area (Å²) in [7, 11) is 1.65. The van der Waals surface area contributed by atoms with Gasteiger partial charge in [-0.1, -0.05) is 47.6 Å². The molecule has 2 aromatic carbocycles. The topological polar surface area (TPSA) is 89.3 Å². The van der Waals surface area contributed by atoms with Gasteiger partial charge < -0.3 is 14.6 Å². The van der Waals surface area contributed by atoms with Crippen molar-refractivity contribution in [2.24, 2.45) is 5.92 Å². The molecule has 0 saturated heterocycles. The summed E-state index contributed by atoms with van der Waals surface area (Å²) in [6, 6.07) is 17.7. The molecule has 1 aromatic heterocycles. The molecule has 1 heterocycles. The van der Waals surface area contributed by atoms with Crippen LogP contribution in [0.2, 0.25) is 0 Å². The zero-order chi connectivity index (χ0) is 21.6. The molecule has 3 aromatic rings. The number of ether oxygens (including phenoxy) is 1. The van der Waals surface area contributed by atoms with E-state index in [4.69, 9.17) is 9.26 Å². The Morgan fingerprint density at radius 1 is 1.16 bits per heavy atom. The smallest absolute Gasteiger partial charge is 0.243 e. The lowest BCUT2D eigenvalue weighted by molar-refractivity contribution is -0.121. The van der Waals surface area contributed by atoms with Gasteiger partial charge in [0.15, 0.2) is 5.82 Å². The number of hydrogen-bond acceptors (Lipinski definition) is 6. The Morgan fingerprint density at radius 3 is 2.58 bits per heavy atom. The molecule has 1 fully saturated rings. The van der Waals surface area contributed by atoms with E-state index in [0.717, 1.165) is 29.7 Å². The van der Waals surface area contributed by atoms with Crippen LogP contribution in [0.15, 0.2) is 59.1 Å². The molecule has 7 heteroatoms. The second-order valence-corrected chi connectivity index (χ2v) is 7.97. The number of aromatic nitrogens is 2. The largest absolute Gasteiger partial charge is 0.497 e. The fraction of sp³-hybridized carbons (Fsp3) is 0.375. The standard InChI is InChI=1S/C24H28N4O3/c1-16(24-26-21(28-31-24)14-17-6-4-3-5-7-17)25-15-22(29)27-23(18-8-9-18)19-10-12-20(30-2)13-11-19/h3-7,10-13,16,18,23,25H,8-9,14-15H2,1-2H3,(H,27,29). The number of carbonyl (C=O) groups excluding carboxylic acids is 1. The van der Waals surface area contributed by atoms with Crippen LogP contribution in [0.4, 0.5) is 0 Å². The Bertz CT molecular complexity index is 984. The van der Waals surface area contributed by atoms with Crippen LogP contribution in [0.3, 0.4) is 0 Å². The van der Waals surface area contributed by atoms with Crippen molar-refractivity contribution < 1.29 is 14.1 Å². The lowest BCUT2D eigenvalue weighted by atomic mass is 10.0. The van der Waals surface area contributed by atoms with Crippen molar-refractivity contribution in [3.63, 3.8) is 0 Å². The molecule has 4 rings (SSSR count). The number of amides is 1. The van der Waals surface area contributed by atoms with Crippen molar-refractivity contribution in [2.75, 3.05) is 13.7 Å². The summed E-state index contributed by atoms with van der Waals surface area (Å²) in [6.07, 6.45) is 2.88. The predicted octanol–water partition coefficient (Wildman–Crippen LogP) is 3.59. The molecule has 1 aliphatic carbocycles. The van der Waals surface area contributed by atoms with Crippen molar-refractivity contribution in [3.8, 4) is 5.75 Å². The lowest BCUT2D eigenvalue weighted by Gasteiger charge is -2.20. The second kappa shape index (κ2) is 9.75. The molecule has 0 spiro atoms. The lowest BCUT2D eigenvalue weighted by Crippen LogP contribution is -2.38. The maximum atomic E-state index is 12.6. The van der Waals surface area contributed by atoms with Crippen LogP contribution < -0.4 is 15.4 Å². The van der Waals surface area contributed by atoms with Gasteiger partial charge in [-0.05, 0) is 48.9 Å². The predicted molar refractivity (Wildman–Crippen MR) is 117 cm³/mol. The maximum Gasteiger partial charge on any atom is 0.243 e. The quantitative estimate of drug-likeness (QED) is 0.521. The number of hydrogen-bond donors (Lipinski definition) is 2. The number of carbonyl (C=O) groups is 1. The highest BCUT2D eigenvalue weighted by Gasteiger charge is 2.33. The summed E-state index contributed by atoms with van der Waals surface area (Å²) in [4.78, 5) is 17.1. The van der Waals surface area contributed by atoms with Gasteiger partial charge >= 0.3 is 0 Å². The van der Waals surface area contributed by atoms with Crippen LogP contribution >= 0.6 is 0 Å². The first-order chi connectivity index (χ1) is 15.1. The monoisotopic (exact) mass is 420 g/mol. The SMILES string of the molecule is COc1ccc(C(NC(=O)CNC(C)c2nc(Cc3ccccc3)no2)C2CC2)cc1. The van der Waals surface area contributed by atoms with E-state index in [0.29, 0.717) is 24.1 Å². The average Bonchev–Trinajstić information content (AvgIpc) is 3.54. The van der Waals surface area contributed by atoms with Crippen LogP contribution in [0.1, 0.15) is 54.7 Å². The first-order valence-corrected chi connectivity index (χ1v) is 10.7. The van der Waals surface area contributed by atoms with Gasteiger partial charge in [0.1, 0.15) is 5.75 Å². The fourth-order valence-electron chi connectivity index (χ4n) is 3.57. The van der Waals surface area contributed by atoms with Gasteiger partial charge in [0.05, 0.1) is 25.7 Å². The Morgan fingerprint density at radius 2 is 1.90 bits per heavy atom. The van der Waals surface area contributed by atoms with Crippen molar-refractivity contribution in [3.05, 3.63) is 77.4 Å². The molecule has 2 atom stereocenters. The first-order valence-electron chi connectivity index (χ1n) is 10.7. The molecular formula is C24H28N4O3. The normalized spacial score (nSPS) is 15.3. The summed E-state index contributed by atoms with van der Waals surface area (Å²) in [6.45, 7) is 2.09. The summed E-state index contributed by atoms with van der Waals surface area (Å²) >= 11 is 0. The van der Waals surface area contributed by atoms with Crippen LogP contribution in [0, 0.1) is 5.92 Å². The third-order valence-electron chi connectivity index (χ3n) is 5.51. The van der Waals surface area contributed by atoms with Crippen LogP contribution in [0.5, 0.6) is 5.75 Å². The van der Waals surface area contributed by atoms with Crippen molar-refractivity contribution in [2.45, 2.75) is 38.3 Å². The zero-order valence-electron chi connectivity index (χ0n) is 17.9. The van der Waals surface area contributed by atoms with E-state index >= 15 is 0 Å². The highest BCUT2D eigenvalue weighted by Crippen LogP contribution is 2.41. The maximum absolute atomic E-state index is 12.6. The molecule has 0 radical (unpaired) electrons. The van der Waals surface area contributed by atoms with Crippen LogP contribution in [-0.4, -0.2) is 29.7 Å². The Kier molecular flexibility index (Phi) is 6.62. The van der Waals surface area contributed by atoms with E-state index < -0.39 is 0 Å². The van der Waals surface area contributed by atoms with Gasteiger partial charge in [-0.25, -0.2) is 0 Å². The molecule has 162 valence electrons. The first kappa shape index (κ1) is 21.1. The summed E-state index contributed by atoms with van der Waals surface area (Å²) in [5.41, 5.74) is 2.23. The molecule has 2 N–H and O–H groups in total. The van der Waals surface area contributed by atoms with Gasteiger partial charge in [-0.2, -0.15) is 4.98 Å². The number of methoxy groups -OCH3 is 1. The van der Waals surface area contributed by atoms with Gasteiger partial charge in [-0.15, -0.1) is 0 Å². The molecule has 2 unspecified atom stereocenters. The van der Waals surface area contributed by atoms with E-state index in [2.05, 4.69) is 20.8 Å². The molecule has 1 saturated carbocycles. The Hall–Kier alpha value is -3.19. The van der Waals surface area contributed by atoms with Crippen LogP contribution in [0.25, 0.3) is 0 Å². The number of nitrogens with one attached hydrogen (secondary N) is 2. The third kappa shape index (κ3) is 5.70. The average molecular weight is 421 g/mol. The number of benzene rings is 2. The van der Waals surface area contributed by atoms with Gasteiger partial charge in [-0.3, -0.25) is 10.1 Å². The van der Waals surface area contributed by atoms with E-state index in [1.165, 1.54) is 0 Å². The second-order valence-electron chi connectivity index (χ2n) is 7.97. The van der Waals surface area contributed by atoms with Crippen molar-refractivity contribution in [1.82, 2.24) is 20.8 Å². The van der Waals surface area contributed by atoms with E-state index in [-0.39, 0.29) is 24.5 Å². The highest BCUT2D eigenvalue weighted by molar-refractivity contribution is 5.78. The summed E-state index contributed by atoms with van der Waals surface area (Å²) in [5, 5.41) is 10.4.